The van der Waals surface area contributed by atoms with Crippen molar-refractivity contribution in [2.75, 3.05) is 7.11 Å². The molecule has 2 rings (SSSR count). The van der Waals surface area contributed by atoms with Crippen molar-refractivity contribution in [3.63, 3.8) is 0 Å². The minimum atomic E-state index is -2.33. The number of hydrogen-bond acceptors (Lipinski definition) is 6. The third-order valence-corrected chi connectivity index (χ3v) is 2.81. The fourth-order valence-corrected chi connectivity index (χ4v) is 1.89. The van der Waals surface area contributed by atoms with E-state index >= 15 is 0 Å². The zero-order chi connectivity index (χ0) is 16.5. The summed E-state index contributed by atoms with van der Waals surface area (Å²) in [4.78, 5) is 20.0. The van der Waals surface area contributed by atoms with Gasteiger partial charge in [-0.25, -0.2) is 4.79 Å². The molecule has 0 aliphatic heterocycles. The van der Waals surface area contributed by atoms with E-state index in [2.05, 4.69) is 0 Å². The molecule has 0 aliphatic rings. The number of esters is 1. The molecule has 6 nitrogen and oxygen atoms in total. The maximum atomic E-state index is 11.7. The number of benzene rings is 2. The van der Waals surface area contributed by atoms with Crippen LogP contribution in [0, 0.1) is 0 Å². The van der Waals surface area contributed by atoms with Gasteiger partial charge < -0.3 is 25.5 Å². The van der Waals surface area contributed by atoms with E-state index in [9.17, 15) is 4.79 Å². The Hall–Kier alpha value is 0.413. The number of hydrogen-bond donors (Lipinski definition) is 1. The Morgan fingerprint density at radius 2 is 1.62 bits per heavy atom. The van der Waals surface area contributed by atoms with Crippen molar-refractivity contribution in [1.29, 1.82) is 0 Å². The quantitative estimate of drug-likeness (QED) is 0.420. The summed E-state index contributed by atoms with van der Waals surface area (Å²) < 4.78 is 4.79. The van der Waals surface area contributed by atoms with E-state index in [1.54, 1.807) is 6.07 Å². The monoisotopic (exact) mass is 379 g/mol. The molecule has 8 heteroatoms. The minimum absolute atomic E-state index is 0. The smallest absolute Gasteiger partial charge is 0.652 e. The van der Waals surface area contributed by atoms with Crippen LogP contribution in [0.5, 0.6) is 0 Å². The summed E-state index contributed by atoms with van der Waals surface area (Å²) >= 11 is 0. The van der Waals surface area contributed by atoms with Crippen LogP contribution in [-0.4, -0.2) is 19.2 Å². The number of rotatable bonds is 3. The third-order valence-electron chi connectivity index (χ3n) is 2.81. The molecule has 0 atom stereocenters. The van der Waals surface area contributed by atoms with E-state index in [4.69, 9.17) is 25.5 Å². The Bertz CT molecular complexity index is 660. The molecule has 0 heterocycles. The minimum Gasteiger partial charge on any atom is -0.652 e. The Kier molecular flexibility index (Phi) is 16.2. The molecule has 2 N–H and O–H groups in total. The number of carbonyl (C=O) groups excluding carboxylic acids is 2. The van der Waals surface area contributed by atoms with Gasteiger partial charge in [-0.3, -0.25) is 0 Å². The first kappa shape index (κ1) is 26.6. The van der Waals surface area contributed by atoms with Gasteiger partial charge in [-0.15, -0.1) is 0 Å². The van der Waals surface area contributed by atoms with Gasteiger partial charge in [0, 0.05) is 6.54 Å². The van der Waals surface area contributed by atoms with Crippen LogP contribution in [0.25, 0.3) is 11.1 Å². The number of methoxy groups -OCH3 is 1. The number of ether oxygens (including phenoxy) is 1. The predicted molar refractivity (Wildman–Crippen MR) is 76.5 cm³/mol. The van der Waals surface area contributed by atoms with Gasteiger partial charge >= 0.3 is 109 Å². The van der Waals surface area contributed by atoms with Crippen molar-refractivity contribution in [2.24, 2.45) is 5.73 Å². The Morgan fingerprint density at radius 3 is 2.17 bits per heavy atom. The summed E-state index contributed by atoms with van der Waals surface area (Å²) in [5.41, 5.74) is 9.06. The zero-order valence-electron chi connectivity index (χ0n) is 13.9. The van der Waals surface area contributed by atoms with E-state index in [0.717, 1.165) is 16.7 Å². The van der Waals surface area contributed by atoms with Gasteiger partial charge in [0.2, 0.25) is 0 Å². The van der Waals surface area contributed by atoms with Crippen LogP contribution in [-0.2, 0) is 11.3 Å². The van der Waals surface area contributed by atoms with Crippen molar-refractivity contribution in [3.8, 4) is 11.1 Å². The third kappa shape index (κ3) is 9.20. The molecule has 116 valence electrons. The summed E-state index contributed by atoms with van der Waals surface area (Å²) in [5.74, 6) is -0.330. The number of nitrogens with two attached hydrogens (primary N) is 1. The maximum absolute atomic E-state index is 11.7. The molecule has 0 spiro atoms. The van der Waals surface area contributed by atoms with Crippen LogP contribution in [0.15, 0.2) is 48.5 Å². The molecular formula is C16H15K2NO5. The SMILES string of the molecule is COC(=O)c1ccccc1-c1cccc(CN)c1.O=C([O-])[O-].[K+].[K+]. The molecule has 2 aromatic rings. The summed E-state index contributed by atoms with van der Waals surface area (Å²) in [6.07, 6.45) is -2.33. The van der Waals surface area contributed by atoms with E-state index in [1.165, 1.54) is 7.11 Å². The fourth-order valence-electron chi connectivity index (χ4n) is 1.89. The standard InChI is InChI=1S/C15H15NO2.CH2O3.2K/c1-18-15(17)14-8-3-2-7-13(14)12-6-4-5-11(9-12)10-16;2-1(3)4;;/h2-9H,10,16H2,1H3;(H2,2,3,4);;/q;;2*+1/p-2. The van der Waals surface area contributed by atoms with Crippen LogP contribution in [0.2, 0.25) is 0 Å². The van der Waals surface area contributed by atoms with Crippen LogP contribution in [0.1, 0.15) is 15.9 Å². The van der Waals surface area contributed by atoms with Crippen LogP contribution < -0.4 is 119 Å². The molecule has 0 unspecified atom stereocenters. The molecule has 0 aromatic heterocycles. The van der Waals surface area contributed by atoms with Crippen molar-refractivity contribution < 1.29 is 127 Å². The van der Waals surface area contributed by atoms with Crippen LogP contribution >= 0.6 is 0 Å². The second kappa shape index (κ2) is 14.6. The topological polar surface area (TPSA) is 116 Å². The molecule has 0 aliphatic carbocycles. The second-order valence-electron chi connectivity index (χ2n) is 4.19. The average molecular weight is 379 g/mol. The molecule has 24 heavy (non-hydrogen) atoms. The number of carboxylic acid groups (broad SMARTS) is 2. The largest absolute Gasteiger partial charge is 1.00 e. The van der Waals surface area contributed by atoms with E-state index in [1.807, 2.05) is 42.5 Å². The van der Waals surface area contributed by atoms with Crippen molar-refractivity contribution in [1.82, 2.24) is 0 Å². The second-order valence-corrected chi connectivity index (χ2v) is 4.19. The molecule has 0 bridgehead atoms. The first-order chi connectivity index (χ1) is 10.5. The summed E-state index contributed by atoms with van der Waals surface area (Å²) in [5, 5.41) is 16.7. The molecule has 0 saturated carbocycles. The molecule has 0 saturated heterocycles. The Morgan fingerprint density at radius 1 is 1.04 bits per heavy atom. The van der Waals surface area contributed by atoms with Crippen molar-refractivity contribution in [3.05, 3.63) is 59.7 Å². The van der Waals surface area contributed by atoms with Gasteiger partial charge in [0.15, 0.2) is 0 Å². The van der Waals surface area contributed by atoms with E-state index < -0.39 is 6.16 Å². The Balaban J connectivity index is 0. The molecule has 0 radical (unpaired) electrons. The fraction of sp³-hybridized carbons (Fsp3) is 0.125. The van der Waals surface area contributed by atoms with Crippen LogP contribution in [0.3, 0.4) is 0 Å². The molecule has 2 aromatic carbocycles. The van der Waals surface area contributed by atoms with E-state index in [-0.39, 0.29) is 109 Å². The summed E-state index contributed by atoms with van der Waals surface area (Å²) in [7, 11) is 1.38. The van der Waals surface area contributed by atoms with Gasteiger partial charge in [0.1, 0.15) is 0 Å². The molecular weight excluding hydrogens is 364 g/mol. The van der Waals surface area contributed by atoms with Crippen LogP contribution in [0.4, 0.5) is 4.79 Å². The summed E-state index contributed by atoms with van der Waals surface area (Å²) in [6.45, 7) is 0.480. The first-order valence-corrected chi connectivity index (χ1v) is 6.34. The predicted octanol–water partition coefficient (Wildman–Crippen LogP) is -5.84. The summed E-state index contributed by atoms with van der Waals surface area (Å²) in [6, 6.07) is 15.2. The van der Waals surface area contributed by atoms with Gasteiger partial charge in [-0.2, -0.15) is 0 Å². The number of carbonyl (C=O) groups is 2. The normalized spacial score (nSPS) is 8.58. The maximum Gasteiger partial charge on any atom is 1.00 e. The molecule has 0 amide bonds. The van der Waals surface area contributed by atoms with Gasteiger partial charge in [0.25, 0.3) is 0 Å². The first-order valence-electron chi connectivity index (χ1n) is 6.34. The van der Waals surface area contributed by atoms with Gasteiger partial charge in [-0.1, -0.05) is 36.4 Å². The van der Waals surface area contributed by atoms with Crippen molar-refractivity contribution >= 4 is 12.1 Å². The van der Waals surface area contributed by atoms with Gasteiger partial charge in [-0.05, 0) is 35.0 Å². The zero-order valence-corrected chi connectivity index (χ0v) is 20.2. The van der Waals surface area contributed by atoms with Crippen molar-refractivity contribution in [2.45, 2.75) is 6.54 Å². The van der Waals surface area contributed by atoms with Gasteiger partial charge in [0.05, 0.1) is 12.7 Å². The average Bonchev–Trinajstić information content (AvgIpc) is 2.53. The Labute approximate surface area is 225 Å². The molecule has 0 fully saturated rings. The van der Waals surface area contributed by atoms with E-state index in [0.29, 0.717) is 12.1 Å².